The Kier molecular flexibility index (Phi) is 3.50. The molecule has 94 valence electrons. The predicted octanol–water partition coefficient (Wildman–Crippen LogP) is 4.57. The quantitative estimate of drug-likeness (QED) is 0.868. The van der Waals surface area contributed by atoms with Crippen molar-refractivity contribution in [2.45, 2.75) is 25.4 Å². The van der Waals surface area contributed by atoms with Crippen LogP contribution in [0.25, 0.3) is 10.4 Å². The van der Waals surface area contributed by atoms with Crippen molar-refractivity contribution in [1.82, 2.24) is 5.32 Å². The van der Waals surface area contributed by atoms with Gasteiger partial charge in [0.25, 0.3) is 0 Å². The molecule has 1 aromatic carbocycles. The maximum atomic E-state index is 13.0. The summed E-state index contributed by atoms with van der Waals surface area (Å²) in [4.78, 5) is 2.50. The van der Waals surface area contributed by atoms with Gasteiger partial charge in [0.05, 0.1) is 0 Å². The van der Waals surface area contributed by atoms with E-state index in [0.717, 1.165) is 22.6 Å². The van der Waals surface area contributed by atoms with Crippen LogP contribution in [0, 0.1) is 5.82 Å². The molecule has 4 heteroatoms. The lowest BCUT2D eigenvalue weighted by Crippen LogP contribution is -2.14. The fourth-order valence-corrected chi connectivity index (χ4v) is 3.53. The van der Waals surface area contributed by atoms with Gasteiger partial charge in [0.2, 0.25) is 0 Å². The summed E-state index contributed by atoms with van der Waals surface area (Å²) < 4.78 is 13.9. The van der Waals surface area contributed by atoms with E-state index in [1.165, 1.54) is 34.7 Å². The molecule has 0 amide bonds. The molecule has 0 radical (unpaired) electrons. The van der Waals surface area contributed by atoms with E-state index in [9.17, 15) is 4.39 Å². The molecule has 1 nitrogen and oxygen atoms in total. The van der Waals surface area contributed by atoms with Gasteiger partial charge in [-0.2, -0.15) is 0 Å². The number of hydrogen-bond donors (Lipinski definition) is 1. The number of rotatable bonds is 4. The van der Waals surface area contributed by atoms with E-state index in [-0.39, 0.29) is 5.82 Å². The second-order valence-corrected chi connectivity index (χ2v) is 6.57. The zero-order valence-corrected chi connectivity index (χ0v) is 12.2. The van der Waals surface area contributed by atoms with Crippen LogP contribution in [0.15, 0.2) is 34.8 Å². The third-order valence-corrected chi connectivity index (χ3v) is 4.78. The van der Waals surface area contributed by atoms with Crippen molar-refractivity contribution < 1.29 is 4.39 Å². The minimum atomic E-state index is -0.210. The van der Waals surface area contributed by atoms with Crippen molar-refractivity contribution in [3.05, 3.63) is 45.5 Å². The minimum absolute atomic E-state index is 0.210. The molecule has 2 aromatic rings. The van der Waals surface area contributed by atoms with Crippen molar-refractivity contribution in [3.63, 3.8) is 0 Å². The Morgan fingerprint density at radius 3 is 2.83 bits per heavy atom. The van der Waals surface area contributed by atoms with E-state index in [4.69, 9.17) is 0 Å². The topological polar surface area (TPSA) is 12.0 Å². The van der Waals surface area contributed by atoms with Gasteiger partial charge in [-0.05, 0) is 43.2 Å². The van der Waals surface area contributed by atoms with Crippen LogP contribution >= 0.6 is 27.3 Å². The highest BCUT2D eigenvalue weighted by atomic mass is 79.9. The van der Waals surface area contributed by atoms with E-state index in [1.807, 2.05) is 6.07 Å². The van der Waals surface area contributed by atoms with Crippen LogP contribution in [0.3, 0.4) is 0 Å². The lowest BCUT2D eigenvalue weighted by Gasteiger charge is -2.01. The molecule has 1 aliphatic carbocycles. The standard InChI is InChI=1S/C14H13BrFNS/c15-13-7-9(16)1-5-12(13)14-6-4-11(18-14)8-17-10-2-3-10/h1,4-7,10,17H,2-3,8H2. The summed E-state index contributed by atoms with van der Waals surface area (Å²) in [5, 5.41) is 3.50. The first-order valence-corrected chi connectivity index (χ1v) is 7.61. The van der Waals surface area contributed by atoms with Crippen molar-refractivity contribution in [1.29, 1.82) is 0 Å². The average Bonchev–Trinajstić information content (AvgIpc) is 3.05. The van der Waals surface area contributed by atoms with E-state index in [1.54, 1.807) is 11.3 Å². The Morgan fingerprint density at radius 2 is 2.11 bits per heavy atom. The molecule has 3 rings (SSSR count). The molecule has 0 atom stereocenters. The zero-order valence-electron chi connectivity index (χ0n) is 9.75. The molecule has 0 unspecified atom stereocenters. The highest BCUT2D eigenvalue weighted by Crippen LogP contribution is 2.34. The van der Waals surface area contributed by atoms with E-state index in [2.05, 4.69) is 33.4 Å². The molecule has 18 heavy (non-hydrogen) atoms. The first-order valence-electron chi connectivity index (χ1n) is 6.00. The Bertz CT molecular complexity index is 563. The average molecular weight is 326 g/mol. The van der Waals surface area contributed by atoms with Gasteiger partial charge in [0, 0.05) is 32.4 Å². The maximum absolute atomic E-state index is 13.0. The first-order chi connectivity index (χ1) is 8.72. The van der Waals surface area contributed by atoms with Crippen LogP contribution in [0.5, 0.6) is 0 Å². The maximum Gasteiger partial charge on any atom is 0.124 e. The van der Waals surface area contributed by atoms with E-state index >= 15 is 0 Å². The smallest absolute Gasteiger partial charge is 0.124 e. The number of thiophene rings is 1. The zero-order chi connectivity index (χ0) is 12.5. The van der Waals surface area contributed by atoms with E-state index in [0.29, 0.717) is 0 Å². The first kappa shape index (κ1) is 12.3. The molecule has 1 aromatic heterocycles. The minimum Gasteiger partial charge on any atom is -0.309 e. The van der Waals surface area contributed by atoms with Crippen LogP contribution in [0.4, 0.5) is 4.39 Å². The van der Waals surface area contributed by atoms with Crippen LogP contribution < -0.4 is 5.32 Å². The molecular weight excluding hydrogens is 313 g/mol. The Labute approximate surface area is 118 Å². The highest BCUT2D eigenvalue weighted by molar-refractivity contribution is 9.10. The van der Waals surface area contributed by atoms with Gasteiger partial charge in [0.15, 0.2) is 0 Å². The SMILES string of the molecule is Fc1ccc(-c2ccc(CNC3CC3)s2)c(Br)c1. The number of nitrogens with one attached hydrogen (secondary N) is 1. The van der Waals surface area contributed by atoms with Gasteiger partial charge in [-0.15, -0.1) is 11.3 Å². The molecule has 1 saturated carbocycles. The third kappa shape index (κ3) is 2.82. The van der Waals surface area contributed by atoms with Crippen molar-refractivity contribution in [3.8, 4) is 10.4 Å². The molecule has 1 N–H and O–H groups in total. The molecule has 1 fully saturated rings. The fraction of sp³-hybridized carbons (Fsp3) is 0.286. The Morgan fingerprint density at radius 1 is 1.28 bits per heavy atom. The van der Waals surface area contributed by atoms with Crippen molar-refractivity contribution in [2.24, 2.45) is 0 Å². The predicted molar refractivity (Wildman–Crippen MR) is 77.3 cm³/mol. The van der Waals surface area contributed by atoms with Gasteiger partial charge in [-0.3, -0.25) is 0 Å². The second-order valence-electron chi connectivity index (χ2n) is 4.55. The fourth-order valence-electron chi connectivity index (χ4n) is 1.84. The Balaban J connectivity index is 1.78. The third-order valence-electron chi connectivity index (χ3n) is 3.00. The van der Waals surface area contributed by atoms with Crippen LogP contribution in [-0.4, -0.2) is 6.04 Å². The summed E-state index contributed by atoms with van der Waals surface area (Å²) in [5.74, 6) is -0.210. The van der Waals surface area contributed by atoms with Crippen molar-refractivity contribution in [2.75, 3.05) is 0 Å². The van der Waals surface area contributed by atoms with Gasteiger partial charge >= 0.3 is 0 Å². The van der Waals surface area contributed by atoms with Crippen LogP contribution in [0.2, 0.25) is 0 Å². The molecule has 0 aliphatic heterocycles. The van der Waals surface area contributed by atoms with Gasteiger partial charge < -0.3 is 5.32 Å². The molecular formula is C14H13BrFNS. The summed E-state index contributed by atoms with van der Waals surface area (Å²) in [5.41, 5.74) is 1.05. The highest BCUT2D eigenvalue weighted by Gasteiger charge is 2.20. The summed E-state index contributed by atoms with van der Waals surface area (Å²) >= 11 is 5.18. The number of halogens is 2. The molecule has 0 saturated heterocycles. The van der Waals surface area contributed by atoms with Gasteiger partial charge in [-0.1, -0.05) is 15.9 Å². The number of hydrogen-bond acceptors (Lipinski definition) is 2. The van der Waals surface area contributed by atoms with Crippen molar-refractivity contribution >= 4 is 27.3 Å². The summed E-state index contributed by atoms with van der Waals surface area (Å²) in [7, 11) is 0. The summed E-state index contributed by atoms with van der Waals surface area (Å²) in [6.45, 7) is 0.939. The van der Waals surface area contributed by atoms with Gasteiger partial charge in [0.1, 0.15) is 5.82 Å². The van der Waals surface area contributed by atoms with Crippen LogP contribution in [0.1, 0.15) is 17.7 Å². The normalized spacial score (nSPS) is 15.0. The molecule has 1 aliphatic rings. The monoisotopic (exact) mass is 325 g/mol. The summed E-state index contributed by atoms with van der Waals surface area (Å²) in [6, 6.07) is 9.81. The number of benzene rings is 1. The Hall–Kier alpha value is -0.710. The van der Waals surface area contributed by atoms with Crippen LogP contribution in [-0.2, 0) is 6.54 Å². The summed E-state index contributed by atoms with van der Waals surface area (Å²) in [6.07, 6.45) is 2.61. The lowest BCUT2D eigenvalue weighted by atomic mass is 10.2. The molecule has 1 heterocycles. The molecule has 0 bridgehead atoms. The lowest BCUT2D eigenvalue weighted by molar-refractivity contribution is 0.627. The second kappa shape index (κ2) is 5.11. The largest absolute Gasteiger partial charge is 0.309 e. The van der Waals surface area contributed by atoms with Gasteiger partial charge in [-0.25, -0.2) is 4.39 Å². The van der Waals surface area contributed by atoms with E-state index < -0.39 is 0 Å². The molecule has 0 spiro atoms.